The third-order valence-corrected chi connectivity index (χ3v) is 1.14. The molecule has 1 aromatic heterocycles. The molecule has 60 valence electrons. The van der Waals surface area contributed by atoms with Crippen LogP contribution in [0.15, 0.2) is 12.4 Å². The van der Waals surface area contributed by atoms with Crippen molar-refractivity contribution in [1.29, 1.82) is 0 Å². The van der Waals surface area contributed by atoms with Crippen LogP contribution in [0.5, 0.6) is 5.88 Å². The summed E-state index contributed by atoms with van der Waals surface area (Å²) >= 11 is 5.50. The fourth-order valence-corrected chi connectivity index (χ4v) is 0.676. The quantitative estimate of drug-likeness (QED) is 0.655. The normalized spacial score (nSPS) is 9.64. The van der Waals surface area contributed by atoms with Crippen LogP contribution in [0.1, 0.15) is 0 Å². The van der Waals surface area contributed by atoms with E-state index in [1.54, 1.807) is 0 Å². The van der Waals surface area contributed by atoms with Gasteiger partial charge >= 0.3 is 0 Å². The second-order valence-electron chi connectivity index (χ2n) is 1.72. The van der Waals surface area contributed by atoms with Gasteiger partial charge in [-0.25, -0.2) is 14.4 Å². The van der Waals surface area contributed by atoms with E-state index in [1.807, 2.05) is 0 Å². The molecule has 0 unspecified atom stereocenters. The van der Waals surface area contributed by atoms with Gasteiger partial charge in [-0.3, -0.25) is 0 Å². The zero-order chi connectivity index (χ0) is 8.10. The van der Waals surface area contributed by atoms with E-state index < -0.39 is 6.67 Å². The van der Waals surface area contributed by atoms with E-state index in [9.17, 15) is 4.39 Å². The summed E-state index contributed by atoms with van der Waals surface area (Å²) in [6, 6.07) is 1.43. The maximum absolute atomic E-state index is 11.6. The minimum Gasteiger partial charge on any atom is -0.475 e. The second kappa shape index (κ2) is 4.08. The smallest absolute Gasteiger partial charge is 0.217 e. The molecule has 1 aromatic rings. The van der Waals surface area contributed by atoms with Gasteiger partial charge in [-0.15, -0.1) is 0 Å². The SMILES string of the molecule is FCCOc1cc(Cl)ncn1. The molecule has 0 aliphatic heterocycles. The van der Waals surface area contributed by atoms with Crippen molar-refractivity contribution in [1.82, 2.24) is 9.97 Å². The molecule has 0 atom stereocenters. The van der Waals surface area contributed by atoms with Crippen molar-refractivity contribution in [2.75, 3.05) is 13.3 Å². The van der Waals surface area contributed by atoms with Gasteiger partial charge in [0.25, 0.3) is 0 Å². The molecule has 1 rings (SSSR count). The number of ether oxygens (including phenoxy) is 1. The van der Waals surface area contributed by atoms with Crippen LogP contribution in [0.2, 0.25) is 5.15 Å². The first-order valence-electron chi connectivity index (χ1n) is 2.99. The lowest BCUT2D eigenvalue weighted by atomic mass is 10.6. The summed E-state index contributed by atoms with van der Waals surface area (Å²) in [6.45, 7) is -0.547. The van der Waals surface area contributed by atoms with Crippen LogP contribution in [0, 0.1) is 0 Å². The van der Waals surface area contributed by atoms with Gasteiger partial charge in [0, 0.05) is 6.07 Å². The minimum atomic E-state index is -0.540. The van der Waals surface area contributed by atoms with Gasteiger partial charge in [0.1, 0.15) is 24.8 Å². The molecule has 0 bridgehead atoms. The Balaban J connectivity index is 2.56. The summed E-state index contributed by atoms with van der Waals surface area (Å²) in [5.41, 5.74) is 0. The second-order valence-corrected chi connectivity index (χ2v) is 2.10. The van der Waals surface area contributed by atoms with Crippen molar-refractivity contribution >= 4 is 11.6 Å². The highest BCUT2D eigenvalue weighted by molar-refractivity contribution is 6.29. The molecule has 0 saturated carbocycles. The van der Waals surface area contributed by atoms with E-state index in [4.69, 9.17) is 16.3 Å². The molecule has 3 nitrogen and oxygen atoms in total. The van der Waals surface area contributed by atoms with E-state index in [0.29, 0.717) is 5.88 Å². The average Bonchev–Trinajstić information content (AvgIpc) is 2.01. The van der Waals surface area contributed by atoms with E-state index in [2.05, 4.69) is 9.97 Å². The Morgan fingerprint density at radius 2 is 2.36 bits per heavy atom. The van der Waals surface area contributed by atoms with E-state index in [-0.39, 0.29) is 11.8 Å². The van der Waals surface area contributed by atoms with E-state index >= 15 is 0 Å². The third kappa shape index (κ3) is 2.67. The first-order chi connectivity index (χ1) is 5.33. The highest BCUT2D eigenvalue weighted by atomic mass is 35.5. The zero-order valence-corrected chi connectivity index (χ0v) is 6.38. The van der Waals surface area contributed by atoms with Crippen LogP contribution < -0.4 is 4.74 Å². The molecule has 0 radical (unpaired) electrons. The van der Waals surface area contributed by atoms with Gasteiger partial charge in [0.15, 0.2) is 0 Å². The topological polar surface area (TPSA) is 35.0 Å². The van der Waals surface area contributed by atoms with Crippen molar-refractivity contribution in [3.8, 4) is 5.88 Å². The van der Waals surface area contributed by atoms with E-state index in [0.717, 1.165) is 0 Å². The molecule has 0 aromatic carbocycles. The molecule has 11 heavy (non-hydrogen) atoms. The van der Waals surface area contributed by atoms with Gasteiger partial charge in [-0.2, -0.15) is 0 Å². The lowest BCUT2D eigenvalue weighted by Crippen LogP contribution is -2.00. The number of halogens is 2. The molecule has 0 amide bonds. The molecule has 0 aliphatic carbocycles. The number of hydrogen-bond acceptors (Lipinski definition) is 3. The molecular weight excluding hydrogens is 171 g/mol. The van der Waals surface area contributed by atoms with Gasteiger partial charge in [0.2, 0.25) is 5.88 Å². The van der Waals surface area contributed by atoms with Crippen molar-refractivity contribution < 1.29 is 9.13 Å². The van der Waals surface area contributed by atoms with E-state index in [1.165, 1.54) is 12.4 Å². The highest BCUT2D eigenvalue weighted by Gasteiger charge is 1.95. The van der Waals surface area contributed by atoms with Crippen LogP contribution in [0.3, 0.4) is 0 Å². The molecule has 0 N–H and O–H groups in total. The Bertz CT molecular complexity index is 234. The minimum absolute atomic E-state index is 0.00660. The summed E-state index contributed by atoms with van der Waals surface area (Å²) in [5, 5.41) is 0.286. The molecule has 0 saturated heterocycles. The monoisotopic (exact) mass is 176 g/mol. The van der Waals surface area contributed by atoms with Crippen LogP contribution >= 0.6 is 11.6 Å². The summed E-state index contributed by atoms with van der Waals surface area (Å²) in [7, 11) is 0. The fraction of sp³-hybridized carbons (Fsp3) is 0.333. The third-order valence-electron chi connectivity index (χ3n) is 0.936. The Morgan fingerprint density at radius 3 is 3.00 bits per heavy atom. The molecular formula is C6H6ClFN2O. The van der Waals surface area contributed by atoms with Gasteiger partial charge in [0.05, 0.1) is 0 Å². The number of hydrogen-bond donors (Lipinski definition) is 0. The number of alkyl halides is 1. The first kappa shape index (κ1) is 8.20. The van der Waals surface area contributed by atoms with Crippen molar-refractivity contribution in [2.24, 2.45) is 0 Å². The predicted octanol–water partition coefficient (Wildman–Crippen LogP) is 1.48. The number of nitrogens with zero attached hydrogens (tertiary/aromatic N) is 2. The van der Waals surface area contributed by atoms with Gasteiger partial charge in [-0.1, -0.05) is 11.6 Å². The summed E-state index contributed by atoms with van der Waals surface area (Å²) < 4.78 is 16.4. The van der Waals surface area contributed by atoms with Crippen molar-refractivity contribution in [3.05, 3.63) is 17.5 Å². The fourth-order valence-electron chi connectivity index (χ4n) is 0.539. The molecule has 0 fully saturated rings. The maximum atomic E-state index is 11.6. The zero-order valence-electron chi connectivity index (χ0n) is 5.63. The Hall–Kier alpha value is -0.900. The molecule has 0 aliphatic rings. The highest BCUT2D eigenvalue weighted by Crippen LogP contribution is 2.10. The summed E-state index contributed by atoms with van der Waals surface area (Å²) in [6.07, 6.45) is 1.26. The van der Waals surface area contributed by atoms with Crippen LogP contribution in [-0.4, -0.2) is 23.2 Å². The summed E-state index contributed by atoms with van der Waals surface area (Å²) in [4.78, 5) is 7.32. The van der Waals surface area contributed by atoms with Gasteiger partial charge in [-0.05, 0) is 0 Å². The number of rotatable bonds is 3. The standard InChI is InChI=1S/C6H6ClFN2O/c7-5-3-6(10-4-9-5)11-2-1-8/h3-4H,1-2H2. The van der Waals surface area contributed by atoms with Crippen molar-refractivity contribution in [2.45, 2.75) is 0 Å². The predicted molar refractivity (Wildman–Crippen MR) is 38.5 cm³/mol. The Kier molecular flexibility index (Phi) is 3.04. The van der Waals surface area contributed by atoms with Crippen LogP contribution in [-0.2, 0) is 0 Å². The first-order valence-corrected chi connectivity index (χ1v) is 3.37. The number of aromatic nitrogens is 2. The Morgan fingerprint density at radius 1 is 1.55 bits per heavy atom. The Labute approximate surface area is 68.2 Å². The lowest BCUT2D eigenvalue weighted by molar-refractivity contribution is 0.264. The van der Waals surface area contributed by atoms with Crippen LogP contribution in [0.4, 0.5) is 4.39 Å². The summed E-state index contributed by atoms with van der Waals surface area (Å²) in [5.74, 6) is 0.294. The molecule has 0 spiro atoms. The largest absolute Gasteiger partial charge is 0.475 e. The average molecular weight is 177 g/mol. The van der Waals surface area contributed by atoms with Crippen molar-refractivity contribution in [3.63, 3.8) is 0 Å². The molecule has 1 heterocycles. The molecule has 5 heteroatoms. The maximum Gasteiger partial charge on any atom is 0.217 e. The van der Waals surface area contributed by atoms with Gasteiger partial charge < -0.3 is 4.74 Å². The van der Waals surface area contributed by atoms with Crippen LogP contribution in [0.25, 0.3) is 0 Å². The lowest BCUT2D eigenvalue weighted by Gasteiger charge is -2.00.